The van der Waals surface area contributed by atoms with Crippen LogP contribution in [0.15, 0.2) is 12.1 Å². The molecule has 0 unspecified atom stereocenters. The molecule has 0 spiro atoms. The van der Waals surface area contributed by atoms with E-state index in [0.717, 1.165) is 28.7 Å². The largest absolute Gasteiger partial charge is 0.483 e. The molecule has 0 aliphatic heterocycles. The summed E-state index contributed by atoms with van der Waals surface area (Å²) in [6, 6.07) is 4.62. The summed E-state index contributed by atoms with van der Waals surface area (Å²) in [7, 11) is 0. The lowest BCUT2D eigenvalue weighted by atomic mass is 9.54. The summed E-state index contributed by atoms with van der Waals surface area (Å²) in [4.78, 5) is 12.5. The van der Waals surface area contributed by atoms with Crippen LogP contribution in [0.2, 0.25) is 0 Å². The van der Waals surface area contributed by atoms with Crippen molar-refractivity contribution in [2.75, 3.05) is 6.61 Å². The molecule has 0 radical (unpaired) electrons. The third kappa shape index (κ3) is 2.94. The highest BCUT2D eigenvalue weighted by Gasteiger charge is 2.48. The first-order chi connectivity index (χ1) is 11.5. The first-order valence-electron chi connectivity index (χ1n) is 9.49. The fraction of sp³-hybridized carbons (Fsp3) is 0.667. The first kappa shape index (κ1) is 16.0. The van der Waals surface area contributed by atoms with Crippen LogP contribution in [0.3, 0.4) is 0 Å². The standard InChI is InChI=1S/C21H29NO2/c1-12-4-13(2)21(14(3)5-12)24-11-19(23)22-20-17-7-15-6-16(9-17)10-18(20)8-15/h4-5,15-18,20H,6-11H2,1-3H3,(H,22,23). The predicted octanol–water partition coefficient (Wildman–Crippen LogP) is 3.93. The molecule has 24 heavy (non-hydrogen) atoms. The number of aryl methyl sites for hydroxylation is 3. The Balaban J connectivity index is 1.36. The minimum atomic E-state index is 0.0480. The first-order valence-corrected chi connectivity index (χ1v) is 9.49. The average molecular weight is 327 g/mol. The van der Waals surface area contributed by atoms with E-state index in [2.05, 4.69) is 24.4 Å². The highest BCUT2D eigenvalue weighted by molar-refractivity contribution is 5.78. The molecular formula is C21H29NO2. The van der Waals surface area contributed by atoms with Crippen LogP contribution in [-0.2, 0) is 4.79 Å². The van der Waals surface area contributed by atoms with Crippen molar-refractivity contribution in [2.24, 2.45) is 23.7 Å². The summed E-state index contributed by atoms with van der Waals surface area (Å²) >= 11 is 0. The van der Waals surface area contributed by atoms with Crippen molar-refractivity contribution >= 4 is 5.91 Å². The van der Waals surface area contributed by atoms with E-state index >= 15 is 0 Å². The quantitative estimate of drug-likeness (QED) is 0.910. The molecule has 5 rings (SSSR count). The minimum absolute atomic E-state index is 0.0480. The fourth-order valence-corrected chi connectivity index (χ4v) is 5.92. The van der Waals surface area contributed by atoms with Gasteiger partial charge in [-0.25, -0.2) is 0 Å². The third-order valence-electron chi connectivity index (χ3n) is 6.51. The normalized spacial score (nSPS) is 33.5. The van der Waals surface area contributed by atoms with Crippen molar-refractivity contribution in [1.29, 1.82) is 0 Å². The maximum absolute atomic E-state index is 12.5. The van der Waals surface area contributed by atoms with Crippen molar-refractivity contribution in [3.05, 3.63) is 28.8 Å². The number of rotatable bonds is 4. The lowest BCUT2D eigenvalue weighted by Gasteiger charge is -2.54. The molecule has 1 aromatic rings. The number of nitrogens with one attached hydrogen (secondary N) is 1. The monoisotopic (exact) mass is 327 g/mol. The van der Waals surface area contributed by atoms with Crippen LogP contribution < -0.4 is 10.1 Å². The Morgan fingerprint density at radius 3 is 2.08 bits per heavy atom. The lowest BCUT2D eigenvalue weighted by Crippen LogP contribution is -2.56. The zero-order valence-electron chi connectivity index (χ0n) is 15.1. The predicted molar refractivity (Wildman–Crippen MR) is 95.1 cm³/mol. The van der Waals surface area contributed by atoms with Crippen LogP contribution >= 0.6 is 0 Å². The van der Waals surface area contributed by atoms with Gasteiger partial charge in [-0.2, -0.15) is 0 Å². The van der Waals surface area contributed by atoms with Gasteiger partial charge < -0.3 is 10.1 Å². The summed E-state index contributed by atoms with van der Waals surface area (Å²) in [6.45, 7) is 6.31. The van der Waals surface area contributed by atoms with Crippen molar-refractivity contribution in [2.45, 2.75) is 58.9 Å². The van der Waals surface area contributed by atoms with E-state index in [1.54, 1.807) is 0 Å². The highest BCUT2D eigenvalue weighted by Crippen LogP contribution is 2.53. The van der Waals surface area contributed by atoms with Crippen molar-refractivity contribution in [3.8, 4) is 5.75 Å². The zero-order valence-corrected chi connectivity index (χ0v) is 15.1. The van der Waals surface area contributed by atoms with E-state index in [1.165, 1.54) is 37.7 Å². The number of amides is 1. The maximum Gasteiger partial charge on any atom is 0.258 e. The van der Waals surface area contributed by atoms with Gasteiger partial charge in [0.05, 0.1) is 0 Å². The molecule has 4 aliphatic rings. The number of benzene rings is 1. The summed E-state index contributed by atoms with van der Waals surface area (Å²) < 4.78 is 5.87. The van der Waals surface area contributed by atoms with Gasteiger partial charge in [-0.05, 0) is 87.7 Å². The molecule has 0 heterocycles. The van der Waals surface area contributed by atoms with Gasteiger partial charge in [0.25, 0.3) is 5.91 Å². The van der Waals surface area contributed by atoms with Gasteiger partial charge in [-0.3, -0.25) is 4.79 Å². The molecular weight excluding hydrogens is 298 g/mol. The van der Waals surface area contributed by atoms with Crippen LogP contribution in [0.4, 0.5) is 0 Å². The van der Waals surface area contributed by atoms with E-state index in [0.29, 0.717) is 17.9 Å². The Morgan fingerprint density at radius 1 is 1.00 bits per heavy atom. The van der Waals surface area contributed by atoms with Crippen LogP contribution in [0.1, 0.15) is 48.8 Å². The van der Waals surface area contributed by atoms with E-state index in [-0.39, 0.29) is 12.5 Å². The Kier molecular flexibility index (Phi) is 4.06. The second-order valence-corrected chi connectivity index (χ2v) is 8.54. The van der Waals surface area contributed by atoms with Gasteiger partial charge in [0.1, 0.15) is 5.75 Å². The molecule has 1 aromatic carbocycles. The summed E-state index contributed by atoms with van der Waals surface area (Å²) in [6.07, 6.45) is 6.76. The molecule has 0 aromatic heterocycles. The molecule has 4 saturated carbocycles. The second kappa shape index (κ2) is 6.09. The number of carbonyl (C=O) groups is 1. The van der Waals surface area contributed by atoms with Crippen LogP contribution in [0.5, 0.6) is 5.75 Å². The Labute approximate surface area is 145 Å². The van der Waals surface area contributed by atoms with Gasteiger partial charge in [0.2, 0.25) is 0 Å². The molecule has 1 N–H and O–H groups in total. The topological polar surface area (TPSA) is 38.3 Å². The van der Waals surface area contributed by atoms with Gasteiger partial charge in [-0.1, -0.05) is 17.7 Å². The molecule has 0 saturated heterocycles. The molecule has 3 nitrogen and oxygen atoms in total. The van der Waals surface area contributed by atoms with E-state index in [4.69, 9.17) is 4.74 Å². The smallest absolute Gasteiger partial charge is 0.258 e. The molecule has 4 aliphatic carbocycles. The van der Waals surface area contributed by atoms with Gasteiger partial charge in [0.15, 0.2) is 6.61 Å². The minimum Gasteiger partial charge on any atom is -0.483 e. The number of hydrogen-bond donors (Lipinski definition) is 1. The van der Waals surface area contributed by atoms with Crippen LogP contribution in [0.25, 0.3) is 0 Å². The van der Waals surface area contributed by atoms with E-state index in [1.807, 2.05) is 13.8 Å². The molecule has 1 amide bonds. The van der Waals surface area contributed by atoms with Crippen LogP contribution in [-0.4, -0.2) is 18.6 Å². The van der Waals surface area contributed by atoms with E-state index in [9.17, 15) is 4.79 Å². The SMILES string of the molecule is Cc1cc(C)c(OCC(=O)NC2C3CC4CC(C3)CC2C4)c(C)c1. The summed E-state index contributed by atoms with van der Waals surface area (Å²) in [5.74, 6) is 4.22. The Bertz CT molecular complexity index is 600. The summed E-state index contributed by atoms with van der Waals surface area (Å²) in [5, 5.41) is 3.32. The van der Waals surface area contributed by atoms with E-state index < -0.39 is 0 Å². The van der Waals surface area contributed by atoms with Gasteiger partial charge >= 0.3 is 0 Å². The Morgan fingerprint density at radius 2 is 1.54 bits per heavy atom. The molecule has 0 atom stereocenters. The fourth-order valence-electron chi connectivity index (χ4n) is 5.92. The molecule has 4 bridgehead atoms. The van der Waals surface area contributed by atoms with Crippen molar-refractivity contribution in [3.63, 3.8) is 0 Å². The summed E-state index contributed by atoms with van der Waals surface area (Å²) in [5.41, 5.74) is 3.44. The lowest BCUT2D eigenvalue weighted by molar-refractivity contribution is -0.127. The number of ether oxygens (including phenoxy) is 1. The van der Waals surface area contributed by atoms with Crippen LogP contribution in [0, 0.1) is 44.4 Å². The zero-order chi connectivity index (χ0) is 16.8. The molecule has 4 fully saturated rings. The second-order valence-electron chi connectivity index (χ2n) is 8.54. The average Bonchev–Trinajstić information content (AvgIpc) is 2.49. The number of hydrogen-bond acceptors (Lipinski definition) is 2. The van der Waals surface area contributed by atoms with Gasteiger partial charge in [0, 0.05) is 6.04 Å². The number of carbonyl (C=O) groups excluding carboxylic acids is 1. The van der Waals surface area contributed by atoms with Crippen molar-refractivity contribution in [1.82, 2.24) is 5.32 Å². The third-order valence-corrected chi connectivity index (χ3v) is 6.51. The van der Waals surface area contributed by atoms with Gasteiger partial charge in [-0.15, -0.1) is 0 Å². The highest BCUT2D eigenvalue weighted by atomic mass is 16.5. The molecule has 3 heteroatoms. The van der Waals surface area contributed by atoms with Crippen molar-refractivity contribution < 1.29 is 9.53 Å². The Hall–Kier alpha value is -1.51. The maximum atomic E-state index is 12.5. The molecule has 130 valence electrons.